The van der Waals surface area contributed by atoms with Crippen molar-refractivity contribution in [3.8, 4) is 0 Å². The monoisotopic (exact) mass is 307 g/mol. The molecule has 0 aliphatic rings. The van der Waals surface area contributed by atoms with E-state index in [9.17, 15) is 4.79 Å². The van der Waals surface area contributed by atoms with Crippen molar-refractivity contribution >= 4 is 35.0 Å². The number of anilines is 1. The lowest BCUT2D eigenvalue weighted by Gasteiger charge is -2.06. The molecule has 0 bridgehead atoms. The van der Waals surface area contributed by atoms with E-state index in [2.05, 4.69) is 0 Å². The van der Waals surface area contributed by atoms with Gasteiger partial charge in [-0.15, -0.1) is 11.8 Å². The maximum atomic E-state index is 11.8. The summed E-state index contributed by atoms with van der Waals surface area (Å²) in [6, 6.07) is 14.7. The van der Waals surface area contributed by atoms with Crippen molar-refractivity contribution in [2.45, 2.75) is 4.90 Å². The van der Waals surface area contributed by atoms with E-state index < -0.39 is 0 Å². The quantitative estimate of drug-likeness (QED) is 0.394. The van der Waals surface area contributed by atoms with Gasteiger partial charge >= 0.3 is 5.97 Å². The minimum Gasteiger partial charge on any atom is -0.461 e. The van der Waals surface area contributed by atoms with Crippen LogP contribution in [0, 0.1) is 0 Å². The summed E-state index contributed by atoms with van der Waals surface area (Å²) in [5.41, 5.74) is 6.43. The van der Waals surface area contributed by atoms with E-state index >= 15 is 0 Å². The number of carbonyl (C=O) groups is 1. The number of hydrogen-bond acceptors (Lipinski definition) is 4. The number of ether oxygens (including phenoxy) is 1. The molecule has 0 fully saturated rings. The van der Waals surface area contributed by atoms with Crippen LogP contribution in [-0.4, -0.2) is 18.3 Å². The molecule has 0 unspecified atom stereocenters. The van der Waals surface area contributed by atoms with Crippen molar-refractivity contribution in [1.82, 2.24) is 0 Å². The Morgan fingerprint density at radius 2 is 1.95 bits per heavy atom. The minimum absolute atomic E-state index is 0.348. The third kappa shape index (κ3) is 4.18. The number of rotatable bonds is 5. The average Bonchev–Trinajstić information content (AvgIpc) is 2.47. The predicted octanol–water partition coefficient (Wildman–Crippen LogP) is 3.87. The Morgan fingerprint density at radius 1 is 1.20 bits per heavy atom. The maximum Gasteiger partial charge on any atom is 0.338 e. The Labute approximate surface area is 127 Å². The fraction of sp³-hybridized carbons (Fsp3) is 0.133. The second-order valence-corrected chi connectivity index (χ2v) is 5.61. The molecule has 3 nitrogen and oxygen atoms in total. The van der Waals surface area contributed by atoms with Gasteiger partial charge in [-0.2, -0.15) is 0 Å². The molecule has 0 saturated heterocycles. The van der Waals surface area contributed by atoms with Gasteiger partial charge in [0.2, 0.25) is 0 Å². The van der Waals surface area contributed by atoms with Crippen molar-refractivity contribution in [3.05, 3.63) is 59.1 Å². The molecule has 2 aromatic rings. The number of esters is 1. The van der Waals surface area contributed by atoms with Crippen LogP contribution >= 0.6 is 23.4 Å². The van der Waals surface area contributed by atoms with Crippen molar-refractivity contribution in [3.63, 3.8) is 0 Å². The molecular formula is C15H14ClNO2S. The van der Waals surface area contributed by atoms with E-state index in [1.54, 1.807) is 23.9 Å². The summed E-state index contributed by atoms with van der Waals surface area (Å²) < 4.78 is 5.19. The molecular weight excluding hydrogens is 294 g/mol. The Hall–Kier alpha value is -1.65. The molecule has 0 aliphatic carbocycles. The molecule has 0 heterocycles. The Morgan fingerprint density at radius 3 is 2.65 bits per heavy atom. The van der Waals surface area contributed by atoms with Crippen LogP contribution in [-0.2, 0) is 4.74 Å². The highest BCUT2D eigenvalue weighted by molar-refractivity contribution is 7.99. The van der Waals surface area contributed by atoms with Crippen molar-refractivity contribution < 1.29 is 9.53 Å². The summed E-state index contributed by atoms with van der Waals surface area (Å²) in [6.45, 7) is 0.348. The van der Waals surface area contributed by atoms with E-state index in [4.69, 9.17) is 22.1 Å². The van der Waals surface area contributed by atoms with Crippen LogP contribution in [0.15, 0.2) is 53.4 Å². The van der Waals surface area contributed by atoms with Crippen molar-refractivity contribution in [2.24, 2.45) is 0 Å². The SMILES string of the molecule is Nc1cc(C(=O)OCCSc2ccccc2)ccc1Cl. The average molecular weight is 308 g/mol. The topological polar surface area (TPSA) is 52.3 Å². The molecule has 2 rings (SSSR count). The van der Waals surface area contributed by atoms with Gasteiger partial charge < -0.3 is 10.5 Å². The Balaban J connectivity index is 1.79. The van der Waals surface area contributed by atoms with Crippen LogP contribution in [0.25, 0.3) is 0 Å². The Kier molecular flexibility index (Phi) is 5.32. The lowest BCUT2D eigenvalue weighted by Crippen LogP contribution is -2.08. The zero-order valence-corrected chi connectivity index (χ0v) is 12.3. The van der Waals surface area contributed by atoms with E-state index in [0.29, 0.717) is 28.6 Å². The molecule has 104 valence electrons. The number of hydrogen-bond donors (Lipinski definition) is 1. The van der Waals surface area contributed by atoms with E-state index in [1.165, 1.54) is 6.07 Å². The normalized spacial score (nSPS) is 10.2. The first-order valence-corrected chi connectivity index (χ1v) is 7.43. The first-order valence-electron chi connectivity index (χ1n) is 6.07. The molecule has 2 N–H and O–H groups in total. The summed E-state index contributed by atoms with van der Waals surface area (Å²) in [6.07, 6.45) is 0. The molecule has 2 aromatic carbocycles. The number of halogens is 1. The maximum absolute atomic E-state index is 11.8. The second kappa shape index (κ2) is 7.22. The summed E-state index contributed by atoms with van der Waals surface area (Å²) >= 11 is 7.44. The number of thioether (sulfide) groups is 1. The number of nitrogens with two attached hydrogens (primary N) is 1. The highest BCUT2D eigenvalue weighted by atomic mass is 35.5. The largest absolute Gasteiger partial charge is 0.461 e. The minimum atomic E-state index is -0.387. The third-order valence-corrected chi connectivity index (χ3v) is 3.88. The Bertz CT molecular complexity index is 590. The summed E-state index contributed by atoms with van der Waals surface area (Å²) in [5, 5.41) is 0.432. The smallest absolute Gasteiger partial charge is 0.338 e. The summed E-state index contributed by atoms with van der Waals surface area (Å²) in [5.74, 6) is 0.320. The molecule has 0 atom stereocenters. The van der Waals surface area contributed by atoms with Gasteiger partial charge in [-0.3, -0.25) is 0 Å². The summed E-state index contributed by atoms with van der Waals surface area (Å²) in [7, 11) is 0. The number of nitrogen functional groups attached to an aromatic ring is 1. The lowest BCUT2D eigenvalue weighted by atomic mass is 10.2. The van der Waals surface area contributed by atoms with Crippen molar-refractivity contribution in [2.75, 3.05) is 18.1 Å². The van der Waals surface area contributed by atoms with Crippen LogP contribution in [0.5, 0.6) is 0 Å². The predicted molar refractivity (Wildman–Crippen MR) is 83.3 cm³/mol. The van der Waals surface area contributed by atoms with Gasteiger partial charge in [-0.25, -0.2) is 4.79 Å². The number of benzene rings is 2. The molecule has 0 radical (unpaired) electrons. The highest BCUT2D eigenvalue weighted by Crippen LogP contribution is 2.20. The fourth-order valence-corrected chi connectivity index (χ4v) is 2.43. The molecule has 0 saturated carbocycles. The number of carbonyl (C=O) groups excluding carboxylic acids is 1. The van der Waals surface area contributed by atoms with Crippen LogP contribution in [0.3, 0.4) is 0 Å². The zero-order valence-electron chi connectivity index (χ0n) is 10.7. The molecule has 0 aromatic heterocycles. The van der Waals surface area contributed by atoms with E-state index in [0.717, 1.165) is 4.90 Å². The molecule has 0 spiro atoms. The second-order valence-electron chi connectivity index (χ2n) is 4.03. The van der Waals surface area contributed by atoms with Gasteiger partial charge in [0.1, 0.15) is 6.61 Å². The van der Waals surface area contributed by atoms with Gasteiger partial charge in [0, 0.05) is 10.6 Å². The van der Waals surface area contributed by atoms with E-state index in [-0.39, 0.29) is 5.97 Å². The molecule has 5 heteroatoms. The van der Waals surface area contributed by atoms with Gasteiger partial charge in [0.05, 0.1) is 16.3 Å². The zero-order chi connectivity index (χ0) is 14.4. The first-order chi connectivity index (χ1) is 9.66. The standard InChI is InChI=1S/C15H14ClNO2S/c16-13-7-6-11(10-14(13)17)15(18)19-8-9-20-12-4-2-1-3-5-12/h1-7,10H,8-9,17H2. The van der Waals surface area contributed by atoms with Crippen molar-refractivity contribution in [1.29, 1.82) is 0 Å². The van der Waals surface area contributed by atoms with Crippen LogP contribution < -0.4 is 5.73 Å². The van der Waals surface area contributed by atoms with Crippen LogP contribution in [0.4, 0.5) is 5.69 Å². The van der Waals surface area contributed by atoms with Gasteiger partial charge in [-0.05, 0) is 30.3 Å². The highest BCUT2D eigenvalue weighted by Gasteiger charge is 2.08. The molecule has 20 heavy (non-hydrogen) atoms. The van der Waals surface area contributed by atoms with Gasteiger partial charge in [-0.1, -0.05) is 29.8 Å². The van der Waals surface area contributed by atoms with Gasteiger partial charge in [0.15, 0.2) is 0 Å². The lowest BCUT2D eigenvalue weighted by molar-refractivity contribution is 0.0530. The third-order valence-electron chi connectivity index (χ3n) is 2.56. The van der Waals surface area contributed by atoms with E-state index in [1.807, 2.05) is 30.3 Å². The molecule has 0 amide bonds. The first kappa shape index (κ1) is 14.8. The summed E-state index contributed by atoms with van der Waals surface area (Å²) in [4.78, 5) is 12.9. The van der Waals surface area contributed by atoms with Crippen LogP contribution in [0.1, 0.15) is 10.4 Å². The molecule has 0 aliphatic heterocycles. The van der Waals surface area contributed by atoms with Gasteiger partial charge in [0.25, 0.3) is 0 Å². The van der Waals surface area contributed by atoms with Crippen LogP contribution in [0.2, 0.25) is 5.02 Å². The fourth-order valence-electron chi connectivity index (χ4n) is 1.56.